The van der Waals surface area contributed by atoms with Crippen LogP contribution in [-0.4, -0.2) is 22.8 Å². The van der Waals surface area contributed by atoms with Crippen molar-refractivity contribution in [2.24, 2.45) is 0 Å². The highest BCUT2D eigenvalue weighted by molar-refractivity contribution is 5.45. The minimum absolute atomic E-state index is 0.125. The average Bonchev–Trinajstić information content (AvgIpc) is 2.57. The predicted octanol–water partition coefficient (Wildman–Crippen LogP) is 4.81. The third kappa shape index (κ3) is 3.13. The Hall–Kier alpha value is -1.64. The smallest absolute Gasteiger partial charge is 0.108 e. The summed E-state index contributed by atoms with van der Waals surface area (Å²) in [5.41, 5.74) is 7.94. The molecule has 2 heteroatoms. The van der Waals surface area contributed by atoms with E-state index in [9.17, 15) is 5.11 Å². The molecule has 0 aliphatic carbocycles. The van der Waals surface area contributed by atoms with Crippen molar-refractivity contribution in [1.29, 1.82) is 0 Å². The molecule has 2 nitrogen and oxygen atoms in total. The van der Waals surface area contributed by atoms with Gasteiger partial charge in [-0.05, 0) is 80.3 Å². The molecule has 0 amide bonds. The molecule has 1 heterocycles. The molecule has 2 aromatic carbocycles. The molecule has 1 saturated heterocycles. The lowest BCUT2D eigenvalue weighted by Crippen LogP contribution is -2.42. The topological polar surface area (TPSA) is 23.5 Å². The second kappa shape index (κ2) is 7.08. The number of aliphatic hydroxyl groups excluding tert-OH is 1. The average molecular weight is 323 g/mol. The molecular formula is C22H29NO. The molecule has 0 radical (unpaired) electrons. The van der Waals surface area contributed by atoms with Crippen molar-refractivity contribution < 1.29 is 5.11 Å². The van der Waals surface area contributed by atoms with E-state index in [2.05, 4.69) is 69.0 Å². The van der Waals surface area contributed by atoms with Crippen molar-refractivity contribution in [3.8, 4) is 0 Å². The maximum absolute atomic E-state index is 10.7. The summed E-state index contributed by atoms with van der Waals surface area (Å²) < 4.78 is 0. The van der Waals surface area contributed by atoms with Crippen molar-refractivity contribution in [1.82, 2.24) is 4.90 Å². The second-order valence-corrected chi connectivity index (χ2v) is 7.20. The molecule has 24 heavy (non-hydrogen) atoms. The SMILES string of the molecule is Cc1cccc(C(c2cccc(C)c2C)N2CCCCC2O)c1C. The number of nitrogens with zero attached hydrogens (tertiary/aromatic N) is 1. The van der Waals surface area contributed by atoms with E-state index in [0.717, 1.165) is 25.8 Å². The lowest BCUT2D eigenvalue weighted by Gasteiger charge is -2.40. The van der Waals surface area contributed by atoms with Crippen LogP contribution in [0.25, 0.3) is 0 Å². The third-order valence-electron chi connectivity index (χ3n) is 5.73. The fourth-order valence-corrected chi connectivity index (χ4v) is 3.90. The first-order valence-electron chi connectivity index (χ1n) is 9.06. The van der Waals surface area contributed by atoms with Gasteiger partial charge in [-0.3, -0.25) is 4.90 Å². The van der Waals surface area contributed by atoms with Crippen molar-refractivity contribution in [3.05, 3.63) is 69.8 Å². The highest BCUT2D eigenvalue weighted by atomic mass is 16.3. The molecule has 2 aromatic rings. The first kappa shape index (κ1) is 17.2. The van der Waals surface area contributed by atoms with Crippen molar-refractivity contribution >= 4 is 0 Å². The van der Waals surface area contributed by atoms with E-state index in [1.807, 2.05) is 0 Å². The van der Waals surface area contributed by atoms with E-state index in [-0.39, 0.29) is 12.3 Å². The van der Waals surface area contributed by atoms with Crippen LogP contribution in [0.1, 0.15) is 58.7 Å². The molecule has 0 spiro atoms. The van der Waals surface area contributed by atoms with Gasteiger partial charge in [0.15, 0.2) is 0 Å². The summed E-state index contributed by atoms with van der Waals surface area (Å²) in [5, 5.41) is 10.7. The number of aliphatic hydroxyl groups is 1. The zero-order valence-electron chi connectivity index (χ0n) is 15.3. The summed E-state index contributed by atoms with van der Waals surface area (Å²) in [7, 11) is 0. The first-order chi connectivity index (χ1) is 11.5. The highest BCUT2D eigenvalue weighted by Crippen LogP contribution is 2.37. The largest absolute Gasteiger partial charge is 0.378 e. The molecule has 1 aliphatic heterocycles. The van der Waals surface area contributed by atoms with Gasteiger partial charge in [0.25, 0.3) is 0 Å². The molecule has 0 saturated carbocycles. The Kier molecular flexibility index (Phi) is 5.07. The van der Waals surface area contributed by atoms with Crippen LogP contribution in [0.3, 0.4) is 0 Å². The lowest BCUT2D eigenvalue weighted by molar-refractivity contribution is -0.0423. The fourth-order valence-electron chi connectivity index (χ4n) is 3.90. The van der Waals surface area contributed by atoms with Crippen LogP contribution in [0.15, 0.2) is 36.4 Å². The van der Waals surface area contributed by atoms with Crippen molar-refractivity contribution in [2.45, 2.75) is 59.2 Å². The van der Waals surface area contributed by atoms with Crippen LogP contribution in [0.5, 0.6) is 0 Å². The summed E-state index contributed by atoms with van der Waals surface area (Å²) in [5.74, 6) is 0. The number of benzene rings is 2. The molecule has 0 bridgehead atoms. The quantitative estimate of drug-likeness (QED) is 0.876. The van der Waals surface area contributed by atoms with E-state index in [4.69, 9.17) is 0 Å². The van der Waals surface area contributed by atoms with Gasteiger partial charge in [-0.25, -0.2) is 0 Å². The van der Waals surface area contributed by atoms with E-state index >= 15 is 0 Å². The third-order valence-corrected chi connectivity index (χ3v) is 5.73. The van der Waals surface area contributed by atoms with Crippen molar-refractivity contribution in [3.63, 3.8) is 0 Å². The molecule has 1 atom stereocenters. The minimum Gasteiger partial charge on any atom is -0.378 e. The standard InChI is InChI=1S/C22H29NO/c1-15-9-7-11-19(17(15)3)22(23-14-6-5-13-21(23)24)20-12-8-10-16(2)18(20)4/h7-12,21-22,24H,5-6,13-14H2,1-4H3. The van der Waals surface area contributed by atoms with Crippen LogP contribution in [0, 0.1) is 27.7 Å². The van der Waals surface area contributed by atoms with Gasteiger partial charge >= 0.3 is 0 Å². The Balaban J connectivity index is 2.17. The van der Waals surface area contributed by atoms with E-state index < -0.39 is 0 Å². The van der Waals surface area contributed by atoms with Gasteiger partial charge in [0.2, 0.25) is 0 Å². The number of likely N-dealkylation sites (tertiary alicyclic amines) is 1. The molecule has 128 valence electrons. The number of hydrogen-bond donors (Lipinski definition) is 1. The number of rotatable bonds is 3. The highest BCUT2D eigenvalue weighted by Gasteiger charge is 2.31. The molecule has 3 rings (SSSR count). The minimum atomic E-state index is -0.358. The molecule has 1 fully saturated rings. The summed E-state index contributed by atoms with van der Waals surface area (Å²) in [4.78, 5) is 2.30. The van der Waals surface area contributed by atoms with Crippen LogP contribution >= 0.6 is 0 Å². The van der Waals surface area contributed by atoms with Gasteiger partial charge in [0.05, 0.1) is 6.04 Å². The molecule has 1 N–H and O–H groups in total. The van der Waals surface area contributed by atoms with Crippen LogP contribution in [0.4, 0.5) is 0 Å². The summed E-state index contributed by atoms with van der Waals surface area (Å²) in [6.45, 7) is 9.71. The first-order valence-corrected chi connectivity index (χ1v) is 9.06. The Morgan fingerprint density at radius 1 is 0.875 bits per heavy atom. The van der Waals surface area contributed by atoms with Crippen molar-refractivity contribution in [2.75, 3.05) is 6.54 Å². The fraction of sp³-hybridized carbons (Fsp3) is 0.455. The Morgan fingerprint density at radius 3 is 1.92 bits per heavy atom. The Labute approximate surface area is 146 Å². The molecule has 1 aliphatic rings. The van der Waals surface area contributed by atoms with E-state index in [1.54, 1.807) is 0 Å². The monoisotopic (exact) mass is 323 g/mol. The van der Waals surface area contributed by atoms with Gasteiger partial charge in [-0.15, -0.1) is 0 Å². The molecule has 0 aromatic heterocycles. The zero-order chi connectivity index (χ0) is 17.3. The van der Waals surface area contributed by atoms with Gasteiger partial charge in [-0.2, -0.15) is 0 Å². The van der Waals surface area contributed by atoms with Gasteiger partial charge in [0, 0.05) is 6.54 Å². The Bertz CT molecular complexity index is 670. The number of aryl methyl sites for hydroxylation is 2. The van der Waals surface area contributed by atoms with E-state index in [0.29, 0.717) is 0 Å². The normalized spacial score (nSPS) is 19.0. The summed E-state index contributed by atoms with van der Waals surface area (Å²) in [6.07, 6.45) is 2.78. The maximum atomic E-state index is 10.7. The van der Waals surface area contributed by atoms with Crippen LogP contribution < -0.4 is 0 Å². The number of piperidine rings is 1. The Morgan fingerprint density at radius 2 is 1.42 bits per heavy atom. The molecule has 1 unspecified atom stereocenters. The predicted molar refractivity (Wildman–Crippen MR) is 100 cm³/mol. The van der Waals surface area contributed by atoms with Crippen LogP contribution in [-0.2, 0) is 0 Å². The van der Waals surface area contributed by atoms with Gasteiger partial charge in [0.1, 0.15) is 6.23 Å². The lowest BCUT2D eigenvalue weighted by atomic mass is 9.87. The maximum Gasteiger partial charge on any atom is 0.108 e. The molecular weight excluding hydrogens is 294 g/mol. The van der Waals surface area contributed by atoms with Gasteiger partial charge < -0.3 is 5.11 Å². The van der Waals surface area contributed by atoms with E-state index in [1.165, 1.54) is 33.4 Å². The number of hydrogen-bond acceptors (Lipinski definition) is 2. The van der Waals surface area contributed by atoms with Gasteiger partial charge in [-0.1, -0.05) is 36.4 Å². The summed E-state index contributed by atoms with van der Waals surface area (Å²) in [6, 6.07) is 13.2. The zero-order valence-corrected chi connectivity index (χ0v) is 15.3. The second-order valence-electron chi connectivity index (χ2n) is 7.20. The van der Waals surface area contributed by atoms with Crippen LogP contribution in [0.2, 0.25) is 0 Å². The summed E-state index contributed by atoms with van der Waals surface area (Å²) >= 11 is 0.